The molecule has 0 aliphatic heterocycles. The summed E-state index contributed by atoms with van der Waals surface area (Å²) in [6, 6.07) is 13.8. The quantitative estimate of drug-likeness (QED) is 0.254. The number of aromatic nitrogens is 4. The van der Waals surface area contributed by atoms with Crippen LogP contribution < -0.4 is 10.6 Å². The third-order valence-corrected chi connectivity index (χ3v) is 8.35. The summed E-state index contributed by atoms with van der Waals surface area (Å²) in [5.41, 5.74) is 1.24. The summed E-state index contributed by atoms with van der Waals surface area (Å²) in [5.74, 6) is 6.30. The Morgan fingerprint density at radius 3 is 2.72 bits per heavy atom. The Morgan fingerprint density at radius 2 is 2.00 bits per heavy atom. The minimum absolute atomic E-state index is 0.300. The summed E-state index contributed by atoms with van der Waals surface area (Å²) >= 11 is 7.42. The molecule has 39 heavy (non-hydrogen) atoms. The second kappa shape index (κ2) is 11.3. The molecule has 1 aliphatic rings. The van der Waals surface area contributed by atoms with Gasteiger partial charge in [-0.05, 0) is 49.3 Å². The molecular weight excluding hydrogens is 536 g/mol. The fourth-order valence-corrected chi connectivity index (χ4v) is 5.98. The molecule has 0 bridgehead atoms. The average molecular weight is 565 g/mol. The third-order valence-electron chi connectivity index (χ3n) is 7.21. The van der Waals surface area contributed by atoms with E-state index in [4.69, 9.17) is 11.6 Å². The number of benzene rings is 1. The molecule has 0 spiro atoms. The topological polar surface area (TPSA) is 125 Å². The van der Waals surface area contributed by atoms with Crippen LogP contribution in [0.1, 0.15) is 29.6 Å². The molecule has 0 radical (unpaired) electrons. The number of carbonyl (C=O) groups is 1. The lowest BCUT2D eigenvalue weighted by Crippen LogP contribution is -2.45. The van der Waals surface area contributed by atoms with Crippen LogP contribution in [0.3, 0.4) is 0 Å². The van der Waals surface area contributed by atoms with Crippen molar-refractivity contribution in [1.29, 1.82) is 0 Å². The van der Waals surface area contributed by atoms with Gasteiger partial charge in [-0.15, -0.1) is 11.3 Å². The number of hydrogen-bond acceptors (Lipinski definition) is 8. The highest BCUT2D eigenvalue weighted by Gasteiger charge is 2.53. The first kappa shape index (κ1) is 27.1. The lowest BCUT2D eigenvalue weighted by molar-refractivity contribution is -0.136. The van der Waals surface area contributed by atoms with Gasteiger partial charge in [0.2, 0.25) is 11.7 Å². The van der Waals surface area contributed by atoms with E-state index in [2.05, 4.69) is 49.6 Å². The number of rotatable bonds is 7. The monoisotopic (exact) mass is 564 g/mol. The number of carbonyl (C=O) groups excluding carboxylic acids is 1. The highest BCUT2D eigenvalue weighted by molar-refractivity contribution is 7.16. The predicted molar refractivity (Wildman–Crippen MR) is 152 cm³/mol. The lowest BCUT2D eigenvalue weighted by Gasteiger charge is -2.26. The summed E-state index contributed by atoms with van der Waals surface area (Å²) in [6.45, 7) is 2.62. The van der Waals surface area contributed by atoms with Gasteiger partial charge in [0, 0.05) is 26.1 Å². The number of aliphatic hydroxyl groups is 2. The zero-order chi connectivity index (χ0) is 27.6. The maximum Gasteiger partial charge on any atom is 0.228 e. The van der Waals surface area contributed by atoms with Gasteiger partial charge in [-0.2, -0.15) is 0 Å². The van der Waals surface area contributed by atoms with E-state index in [9.17, 15) is 15.0 Å². The molecule has 4 N–H and O–H groups in total. The van der Waals surface area contributed by atoms with Crippen molar-refractivity contribution in [2.24, 2.45) is 11.3 Å². The van der Waals surface area contributed by atoms with Gasteiger partial charge in [-0.3, -0.25) is 4.79 Å². The van der Waals surface area contributed by atoms with Crippen molar-refractivity contribution in [1.82, 2.24) is 24.8 Å². The van der Waals surface area contributed by atoms with Gasteiger partial charge < -0.3 is 25.4 Å². The van der Waals surface area contributed by atoms with E-state index in [0.29, 0.717) is 46.7 Å². The second-order valence-corrected chi connectivity index (χ2v) is 11.6. The molecule has 202 valence electrons. The number of hydrogen-bond donors (Lipinski definition) is 4. The molecule has 3 aromatic heterocycles. The molecule has 9 nitrogen and oxygen atoms in total. The second-order valence-electron chi connectivity index (χ2n) is 9.88. The maximum atomic E-state index is 12.5. The summed E-state index contributed by atoms with van der Waals surface area (Å²) in [5, 5.41) is 27.5. The van der Waals surface area contributed by atoms with Crippen LogP contribution in [0.2, 0.25) is 4.34 Å². The fraction of sp³-hybridized carbons (Fsp3) is 0.357. The van der Waals surface area contributed by atoms with E-state index in [1.54, 1.807) is 19.3 Å². The molecule has 1 aromatic carbocycles. The SMILES string of the molecule is CNC(=O)C1(C)C[C@@H](Cn2cnc3c(NCCc4ccccc4)nc(C#Cc4ccc(Cl)s4)nc32)[C@H](O)[C@@H]1O. The van der Waals surface area contributed by atoms with Crippen LogP contribution in [0, 0.1) is 23.2 Å². The van der Waals surface area contributed by atoms with Crippen molar-refractivity contribution in [2.45, 2.75) is 38.5 Å². The smallest absolute Gasteiger partial charge is 0.228 e. The minimum Gasteiger partial charge on any atom is -0.390 e. The summed E-state index contributed by atoms with van der Waals surface area (Å²) in [4.78, 5) is 27.2. The van der Waals surface area contributed by atoms with Crippen LogP contribution in [-0.2, 0) is 17.8 Å². The normalized spacial score (nSPS) is 22.4. The first-order valence-electron chi connectivity index (χ1n) is 12.6. The minimum atomic E-state index is -1.18. The molecule has 11 heteroatoms. The molecule has 4 aromatic rings. The van der Waals surface area contributed by atoms with Gasteiger partial charge in [-0.1, -0.05) is 41.9 Å². The zero-order valence-corrected chi connectivity index (χ0v) is 23.1. The Hall–Kier alpha value is -3.49. The molecule has 1 amide bonds. The van der Waals surface area contributed by atoms with Crippen molar-refractivity contribution < 1.29 is 15.0 Å². The summed E-state index contributed by atoms with van der Waals surface area (Å²) < 4.78 is 2.47. The van der Waals surface area contributed by atoms with E-state index in [0.717, 1.165) is 11.3 Å². The van der Waals surface area contributed by atoms with Gasteiger partial charge in [0.15, 0.2) is 17.0 Å². The van der Waals surface area contributed by atoms with E-state index in [1.165, 1.54) is 23.9 Å². The number of imidazole rings is 1. The van der Waals surface area contributed by atoms with E-state index in [1.807, 2.05) is 28.8 Å². The van der Waals surface area contributed by atoms with Crippen molar-refractivity contribution in [3.63, 3.8) is 0 Å². The predicted octanol–water partition coefficient (Wildman–Crippen LogP) is 3.09. The van der Waals surface area contributed by atoms with E-state index >= 15 is 0 Å². The van der Waals surface area contributed by atoms with E-state index < -0.39 is 17.6 Å². The molecule has 0 saturated heterocycles. The van der Waals surface area contributed by atoms with Crippen LogP contribution in [0.5, 0.6) is 0 Å². The molecule has 1 saturated carbocycles. The van der Waals surface area contributed by atoms with Gasteiger partial charge in [0.1, 0.15) is 0 Å². The molecule has 3 heterocycles. The van der Waals surface area contributed by atoms with Crippen molar-refractivity contribution in [3.05, 3.63) is 69.4 Å². The number of fused-ring (bicyclic) bond motifs is 1. The molecule has 4 atom stereocenters. The number of thiophene rings is 1. The standard InChI is InChI=1S/C28H29ClN6O3S/c1-28(27(38)30-2)14-18(23(36)24(28)37)15-35-16-32-22-25(31-13-12-17-6-4-3-5-7-17)33-21(34-26(22)35)11-9-19-8-10-20(29)39-19/h3-8,10,16,18,23-24,36-37H,12-15H2,1-2H3,(H,30,38)(H,31,33,34)/t18-,23-,24-,28?/m0/s1. The van der Waals surface area contributed by atoms with Crippen LogP contribution >= 0.6 is 22.9 Å². The molecular formula is C28H29ClN6O3S. The van der Waals surface area contributed by atoms with Crippen molar-refractivity contribution >= 4 is 45.8 Å². The number of nitrogens with one attached hydrogen (secondary N) is 2. The summed E-state index contributed by atoms with van der Waals surface area (Å²) in [6.07, 6.45) is 0.505. The zero-order valence-electron chi connectivity index (χ0n) is 21.6. The van der Waals surface area contributed by atoms with Gasteiger partial charge in [-0.25, -0.2) is 15.0 Å². The van der Waals surface area contributed by atoms with Gasteiger partial charge >= 0.3 is 0 Å². The lowest BCUT2D eigenvalue weighted by atomic mass is 9.84. The van der Waals surface area contributed by atoms with Gasteiger partial charge in [0.05, 0.1) is 33.2 Å². The number of anilines is 1. The Labute approximate surface area is 235 Å². The van der Waals surface area contributed by atoms with Crippen molar-refractivity contribution in [2.75, 3.05) is 18.9 Å². The van der Waals surface area contributed by atoms with Crippen molar-refractivity contribution in [3.8, 4) is 11.8 Å². The van der Waals surface area contributed by atoms with E-state index in [-0.39, 0.29) is 11.8 Å². The third kappa shape index (κ3) is 5.63. The molecule has 1 unspecified atom stereocenters. The number of amides is 1. The highest BCUT2D eigenvalue weighted by atomic mass is 35.5. The highest BCUT2D eigenvalue weighted by Crippen LogP contribution is 2.43. The van der Waals surface area contributed by atoms with Gasteiger partial charge in [0.25, 0.3) is 0 Å². The Balaban J connectivity index is 1.45. The molecule has 1 fully saturated rings. The Bertz CT molecular complexity index is 1550. The average Bonchev–Trinajstić information content (AvgIpc) is 3.61. The maximum absolute atomic E-state index is 12.5. The Morgan fingerprint density at radius 1 is 1.21 bits per heavy atom. The number of aliphatic hydroxyl groups excluding tert-OH is 2. The van der Waals surface area contributed by atoms with Crippen LogP contribution in [-0.4, -0.2) is 61.4 Å². The Kier molecular flexibility index (Phi) is 7.86. The van der Waals surface area contributed by atoms with Crippen LogP contribution in [0.15, 0.2) is 48.8 Å². The summed E-state index contributed by atoms with van der Waals surface area (Å²) in [7, 11) is 1.53. The number of halogens is 1. The van der Waals surface area contributed by atoms with Crippen LogP contribution in [0.4, 0.5) is 5.82 Å². The first-order valence-corrected chi connectivity index (χ1v) is 13.8. The van der Waals surface area contributed by atoms with Crippen LogP contribution in [0.25, 0.3) is 11.2 Å². The largest absolute Gasteiger partial charge is 0.390 e. The number of nitrogens with zero attached hydrogens (tertiary/aromatic N) is 4. The molecule has 1 aliphatic carbocycles. The first-order chi connectivity index (χ1) is 18.8. The molecule has 5 rings (SSSR count). The fourth-order valence-electron chi connectivity index (χ4n) is 5.08.